The SMILES string of the molecule is CCC1SCCSC1c1noc(CNC2CC2)n1. The largest absolute Gasteiger partial charge is 0.338 e. The Morgan fingerprint density at radius 3 is 2.94 bits per heavy atom. The highest BCUT2D eigenvalue weighted by Crippen LogP contribution is 2.42. The first-order chi connectivity index (χ1) is 8.86. The highest BCUT2D eigenvalue weighted by molar-refractivity contribution is 8.06. The van der Waals surface area contributed by atoms with Crippen molar-refractivity contribution in [3.05, 3.63) is 11.7 Å². The van der Waals surface area contributed by atoms with E-state index >= 15 is 0 Å². The van der Waals surface area contributed by atoms with Crippen LogP contribution in [0.2, 0.25) is 0 Å². The molecule has 100 valence electrons. The van der Waals surface area contributed by atoms with Gasteiger partial charge in [-0.2, -0.15) is 16.7 Å². The molecule has 4 nitrogen and oxygen atoms in total. The molecule has 1 aromatic rings. The molecule has 1 saturated carbocycles. The van der Waals surface area contributed by atoms with E-state index in [4.69, 9.17) is 4.52 Å². The fraction of sp³-hybridized carbons (Fsp3) is 0.833. The van der Waals surface area contributed by atoms with E-state index in [1.165, 1.54) is 30.8 Å². The summed E-state index contributed by atoms with van der Waals surface area (Å²) in [6.07, 6.45) is 3.74. The third kappa shape index (κ3) is 3.03. The average Bonchev–Trinajstić information content (AvgIpc) is 3.13. The molecule has 2 atom stereocenters. The van der Waals surface area contributed by atoms with E-state index in [1.54, 1.807) is 0 Å². The Balaban J connectivity index is 1.62. The van der Waals surface area contributed by atoms with Crippen LogP contribution < -0.4 is 5.32 Å². The van der Waals surface area contributed by atoms with Crippen LogP contribution in [0.4, 0.5) is 0 Å². The lowest BCUT2D eigenvalue weighted by molar-refractivity contribution is 0.362. The second-order valence-corrected chi connectivity index (χ2v) is 7.41. The molecule has 1 N–H and O–H groups in total. The Kier molecular flexibility index (Phi) is 4.16. The summed E-state index contributed by atoms with van der Waals surface area (Å²) in [6, 6.07) is 0.684. The minimum Gasteiger partial charge on any atom is -0.338 e. The van der Waals surface area contributed by atoms with E-state index in [0.717, 1.165) is 18.3 Å². The molecule has 1 saturated heterocycles. The molecule has 0 radical (unpaired) electrons. The van der Waals surface area contributed by atoms with Gasteiger partial charge in [-0.15, -0.1) is 11.8 Å². The van der Waals surface area contributed by atoms with E-state index < -0.39 is 0 Å². The summed E-state index contributed by atoms with van der Waals surface area (Å²) < 4.78 is 5.34. The summed E-state index contributed by atoms with van der Waals surface area (Å²) >= 11 is 4.02. The van der Waals surface area contributed by atoms with E-state index in [0.29, 0.717) is 16.5 Å². The maximum atomic E-state index is 5.34. The van der Waals surface area contributed by atoms with E-state index in [-0.39, 0.29) is 0 Å². The zero-order valence-corrected chi connectivity index (χ0v) is 12.2. The fourth-order valence-electron chi connectivity index (χ4n) is 2.12. The first-order valence-corrected chi connectivity index (χ1v) is 8.75. The van der Waals surface area contributed by atoms with Gasteiger partial charge in [-0.25, -0.2) is 0 Å². The summed E-state index contributed by atoms with van der Waals surface area (Å²) in [6.45, 7) is 2.96. The van der Waals surface area contributed by atoms with Crippen molar-refractivity contribution in [1.82, 2.24) is 15.5 Å². The third-order valence-corrected chi connectivity index (χ3v) is 6.55. The first-order valence-electron chi connectivity index (χ1n) is 6.66. The van der Waals surface area contributed by atoms with Gasteiger partial charge in [0.15, 0.2) is 5.82 Å². The third-order valence-electron chi connectivity index (χ3n) is 3.31. The predicted octanol–water partition coefficient (Wildman–Crippen LogP) is 2.62. The van der Waals surface area contributed by atoms with Crippen LogP contribution in [0.3, 0.4) is 0 Å². The zero-order chi connectivity index (χ0) is 12.4. The number of nitrogens with one attached hydrogen (secondary N) is 1. The minimum atomic E-state index is 0.409. The maximum Gasteiger partial charge on any atom is 0.240 e. The lowest BCUT2D eigenvalue weighted by Crippen LogP contribution is -2.19. The maximum absolute atomic E-state index is 5.34. The van der Waals surface area contributed by atoms with Gasteiger partial charge in [0.05, 0.1) is 11.8 Å². The van der Waals surface area contributed by atoms with Gasteiger partial charge in [0, 0.05) is 22.8 Å². The van der Waals surface area contributed by atoms with Crippen molar-refractivity contribution in [2.75, 3.05) is 11.5 Å². The summed E-state index contributed by atoms with van der Waals surface area (Å²) in [4.78, 5) is 4.56. The Hall–Kier alpha value is -0.200. The van der Waals surface area contributed by atoms with Gasteiger partial charge in [0.25, 0.3) is 0 Å². The van der Waals surface area contributed by atoms with Crippen LogP contribution in [0.25, 0.3) is 0 Å². The fourth-order valence-corrected chi connectivity index (χ4v) is 5.10. The molecule has 0 spiro atoms. The van der Waals surface area contributed by atoms with Gasteiger partial charge in [0.2, 0.25) is 5.89 Å². The number of hydrogen-bond acceptors (Lipinski definition) is 6. The van der Waals surface area contributed by atoms with Crippen molar-refractivity contribution in [2.24, 2.45) is 0 Å². The second kappa shape index (κ2) is 5.84. The summed E-state index contributed by atoms with van der Waals surface area (Å²) in [5.74, 6) is 4.07. The van der Waals surface area contributed by atoms with Crippen molar-refractivity contribution in [3.8, 4) is 0 Å². The summed E-state index contributed by atoms with van der Waals surface area (Å²) in [7, 11) is 0. The molecular weight excluding hydrogens is 266 g/mol. The van der Waals surface area contributed by atoms with Gasteiger partial charge >= 0.3 is 0 Å². The lowest BCUT2D eigenvalue weighted by atomic mass is 10.2. The van der Waals surface area contributed by atoms with E-state index in [1.807, 2.05) is 23.5 Å². The molecule has 1 aromatic heterocycles. The molecule has 1 aliphatic carbocycles. The minimum absolute atomic E-state index is 0.409. The van der Waals surface area contributed by atoms with Gasteiger partial charge < -0.3 is 9.84 Å². The standard InChI is InChI=1S/C12H19N3OS2/c1-2-9-11(18-6-5-17-9)12-14-10(16-15-12)7-13-8-3-4-8/h8-9,11,13H,2-7H2,1H3. The second-order valence-electron chi connectivity index (χ2n) is 4.81. The van der Waals surface area contributed by atoms with Crippen molar-refractivity contribution >= 4 is 23.5 Å². The van der Waals surface area contributed by atoms with Crippen LogP contribution in [-0.4, -0.2) is 32.9 Å². The molecule has 2 heterocycles. The number of hydrogen-bond donors (Lipinski definition) is 1. The first kappa shape index (κ1) is 12.8. The Bertz CT molecular complexity index is 394. The van der Waals surface area contributed by atoms with Crippen molar-refractivity contribution < 1.29 is 4.52 Å². The molecule has 0 aromatic carbocycles. The van der Waals surface area contributed by atoms with Gasteiger partial charge in [-0.05, 0) is 19.3 Å². The smallest absolute Gasteiger partial charge is 0.240 e. The van der Waals surface area contributed by atoms with E-state index in [9.17, 15) is 0 Å². The van der Waals surface area contributed by atoms with Crippen LogP contribution in [0.5, 0.6) is 0 Å². The topological polar surface area (TPSA) is 51.0 Å². The molecular formula is C12H19N3OS2. The quantitative estimate of drug-likeness (QED) is 0.897. The molecule has 1 aliphatic heterocycles. The van der Waals surface area contributed by atoms with E-state index in [2.05, 4.69) is 22.4 Å². The molecule has 6 heteroatoms. The lowest BCUT2D eigenvalue weighted by Gasteiger charge is -2.27. The zero-order valence-electron chi connectivity index (χ0n) is 10.6. The van der Waals surface area contributed by atoms with Crippen LogP contribution in [0.1, 0.15) is 43.2 Å². The summed E-state index contributed by atoms with van der Waals surface area (Å²) in [5, 5.41) is 8.62. The highest BCUT2D eigenvalue weighted by Gasteiger charge is 2.30. The average molecular weight is 285 g/mol. The van der Waals surface area contributed by atoms with Gasteiger partial charge in [0.1, 0.15) is 0 Å². The van der Waals surface area contributed by atoms with Crippen LogP contribution in [0.15, 0.2) is 4.52 Å². The molecule has 2 unspecified atom stereocenters. The Labute approximate surface area is 116 Å². The molecule has 0 bridgehead atoms. The highest BCUT2D eigenvalue weighted by atomic mass is 32.2. The number of thioether (sulfide) groups is 2. The van der Waals surface area contributed by atoms with Crippen LogP contribution in [0, 0.1) is 0 Å². The molecule has 2 fully saturated rings. The molecule has 0 amide bonds. The van der Waals surface area contributed by atoms with Crippen molar-refractivity contribution in [1.29, 1.82) is 0 Å². The Morgan fingerprint density at radius 2 is 2.17 bits per heavy atom. The predicted molar refractivity (Wildman–Crippen MR) is 75.9 cm³/mol. The Morgan fingerprint density at radius 1 is 1.33 bits per heavy atom. The molecule has 18 heavy (non-hydrogen) atoms. The molecule has 2 aliphatic rings. The number of nitrogens with zero attached hydrogens (tertiary/aromatic N) is 2. The van der Waals surface area contributed by atoms with Crippen LogP contribution in [-0.2, 0) is 6.54 Å². The number of aromatic nitrogens is 2. The summed E-state index contributed by atoms with van der Waals surface area (Å²) in [5.41, 5.74) is 0. The van der Waals surface area contributed by atoms with Crippen LogP contribution >= 0.6 is 23.5 Å². The molecule has 3 rings (SSSR count). The van der Waals surface area contributed by atoms with Crippen molar-refractivity contribution in [2.45, 2.75) is 49.3 Å². The van der Waals surface area contributed by atoms with Gasteiger partial charge in [-0.1, -0.05) is 12.1 Å². The van der Waals surface area contributed by atoms with Gasteiger partial charge in [-0.3, -0.25) is 0 Å². The number of rotatable bonds is 5. The monoisotopic (exact) mass is 285 g/mol. The normalized spacial score (nSPS) is 28.5. The van der Waals surface area contributed by atoms with Crippen molar-refractivity contribution in [3.63, 3.8) is 0 Å².